The molecule has 0 atom stereocenters. The summed E-state index contributed by atoms with van der Waals surface area (Å²) in [5.41, 5.74) is 5.51. The molecule has 2 rings (SSSR count). The van der Waals surface area contributed by atoms with E-state index in [4.69, 9.17) is 0 Å². The summed E-state index contributed by atoms with van der Waals surface area (Å²) in [5, 5.41) is 0. The Kier molecular flexibility index (Phi) is 3.83. The van der Waals surface area contributed by atoms with E-state index in [1.165, 1.54) is 41.5 Å². The van der Waals surface area contributed by atoms with Crippen molar-refractivity contribution in [2.45, 2.75) is 39.5 Å². The molecule has 0 aromatic heterocycles. The van der Waals surface area contributed by atoms with Crippen LogP contribution in [-0.2, 0) is 12.8 Å². The molecular formula is C17H22. The summed E-state index contributed by atoms with van der Waals surface area (Å²) in [6, 6.07) is 6.89. The number of allylic oxidation sites excluding steroid dienone is 2. The molecule has 0 bridgehead atoms. The Labute approximate surface area is 105 Å². The van der Waals surface area contributed by atoms with Crippen molar-refractivity contribution in [2.75, 3.05) is 0 Å². The molecule has 1 aromatic carbocycles. The SMILES string of the molecule is C=C1C=Cc2ccc(CCCC(C)C)cc2C1. The molecule has 1 aliphatic rings. The maximum Gasteiger partial charge on any atom is -0.00256 e. The van der Waals surface area contributed by atoms with Crippen molar-refractivity contribution in [3.63, 3.8) is 0 Å². The molecule has 90 valence electrons. The van der Waals surface area contributed by atoms with Gasteiger partial charge in [-0.2, -0.15) is 0 Å². The van der Waals surface area contributed by atoms with E-state index in [0.717, 1.165) is 12.3 Å². The largest absolute Gasteiger partial charge is 0.0955 e. The van der Waals surface area contributed by atoms with Gasteiger partial charge in [0.25, 0.3) is 0 Å². The predicted molar refractivity (Wildman–Crippen MR) is 76.1 cm³/mol. The van der Waals surface area contributed by atoms with E-state index in [2.05, 4.69) is 50.8 Å². The first-order valence-electron chi connectivity index (χ1n) is 6.63. The summed E-state index contributed by atoms with van der Waals surface area (Å²) in [6.07, 6.45) is 9.16. The molecule has 0 fully saturated rings. The van der Waals surface area contributed by atoms with Crippen molar-refractivity contribution in [3.8, 4) is 0 Å². The van der Waals surface area contributed by atoms with Gasteiger partial charge in [0.1, 0.15) is 0 Å². The van der Waals surface area contributed by atoms with Gasteiger partial charge in [-0.15, -0.1) is 0 Å². The number of aryl methyl sites for hydroxylation is 1. The highest BCUT2D eigenvalue weighted by Crippen LogP contribution is 2.23. The maximum absolute atomic E-state index is 4.04. The molecule has 0 N–H and O–H groups in total. The Bertz CT molecular complexity index is 435. The van der Waals surface area contributed by atoms with Crippen LogP contribution in [0.15, 0.2) is 36.4 Å². The van der Waals surface area contributed by atoms with Crippen molar-refractivity contribution >= 4 is 6.08 Å². The van der Waals surface area contributed by atoms with Crippen LogP contribution in [0.2, 0.25) is 0 Å². The Morgan fingerprint density at radius 3 is 2.82 bits per heavy atom. The van der Waals surface area contributed by atoms with E-state index < -0.39 is 0 Å². The van der Waals surface area contributed by atoms with Gasteiger partial charge in [0.05, 0.1) is 0 Å². The topological polar surface area (TPSA) is 0 Å². The first-order valence-corrected chi connectivity index (χ1v) is 6.63. The number of benzene rings is 1. The fraction of sp³-hybridized carbons (Fsp3) is 0.412. The third-order valence-corrected chi connectivity index (χ3v) is 3.37. The van der Waals surface area contributed by atoms with E-state index in [1.807, 2.05) is 0 Å². The van der Waals surface area contributed by atoms with E-state index >= 15 is 0 Å². The second kappa shape index (κ2) is 5.35. The Morgan fingerprint density at radius 1 is 1.24 bits per heavy atom. The van der Waals surface area contributed by atoms with Crippen LogP contribution in [0.4, 0.5) is 0 Å². The van der Waals surface area contributed by atoms with Crippen molar-refractivity contribution in [1.82, 2.24) is 0 Å². The van der Waals surface area contributed by atoms with Gasteiger partial charge in [0.15, 0.2) is 0 Å². The highest BCUT2D eigenvalue weighted by atomic mass is 14.1. The Hall–Kier alpha value is -1.30. The number of hydrogen-bond acceptors (Lipinski definition) is 0. The van der Waals surface area contributed by atoms with Crippen LogP contribution in [0.3, 0.4) is 0 Å². The van der Waals surface area contributed by atoms with Crippen LogP contribution in [0.1, 0.15) is 43.4 Å². The third-order valence-electron chi connectivity index (χ3n) is 3.37. The second-order valence-corrected chi connectivity index (χ2v) is 5.49. The highest BCUT2D eigenvalue weighted by Gasteiger charge is 2.07. The van der Waals surface area contributed by atoms with E-state index in [9.17, 15) is 0 Å². The summed E-state index contributed by atoms with van der Waals surface area (Å²) >= 11 is 0. The predicted octanol–water partition coefficient (Wildman–Crippen LogP) is 4.79. The van der Waals surface area contributed by atoms with Gasteiger partial charge in [0, 0.05) is 0 Å². The molecule has 0 aliphatic heterocycles. The van der Waals surface area contributed by atoms with Gasteiger partial charge in [-0.1, -0.05) is 62.8 Å². The zero-order valence-electron chi connectivity index (χ0n) is 11.0. The second-order valence-electron chi connectivity index (χ2n) is 5.49. The highest BCUT2D eigenvalue weighted by molar-refractivity contribution is 5.62. The fourth-order valence-electron chi connectivity index (χ4n) is 2.36. The van der Waals surface area contributed by atoms with Crippen LogP contribution in [0.5, 0.6) is 0 Å². The average molecular weight is 226 g/mol. The number of hydrogen-bond donors (Lipinski definition) is 0. The molecule has 0 unspecified atom stereocenters. The van der Waals surface area contributed by atoms with Gasteiger partial charge in [0.2, 0.25) is 0 Å². The molecule has 0 heteroatoms. The zero-order chi connectivity index (χ0) is 12.3. The van der Waals surface area contributed by atoms with E-state index in [1.54, 1.807) is 0 Å². The zero-order valence-corrected chi connectivity index (χ0v) is 11.0. The minimum absolute atomic E-state index is 0.815. The van der Waals surface area contributed by atoms with Gasteiger partial charge in [-0.05, 0) is 41.9 Å². The fourth-order valence-corrected chi connectivity index (χ4v) is 2.36. The molecule has 0 radical (unpaired) electrons. The van der Waals surface area contributed by atoms with Crippen molar-refractivity contribution in [1.29, 1.82) is 0 Å². The average Bonchev–Trinajstić information content (AvgIpc) is 2.28. The summed E-state index contributed by atoms with van der Waals surface area (Å²) in [6.45, 7) is 8.63. The minimum Gasteiger partial charge on any atom is -0.0955 e. The summed E-state index contributed by atoms with van der Waals surface area (Å²) < 4.78 is 0. The molecule has 1 aromatic rings. The molecule has 0 heterocycles. The molecule has 0 spiro atoms. The van der Waals surface area contributed by atoms with Crippen molar-refractivity contribution < 1.29 is 0 Å². The van der Waals surface area contributed by atoms with Crippen molar-refractivity contribution in [3.05, 3.63) is 53.1 Å². The lowest BCUT2D eigenvalue weighted by molar-refractivity contribution is 0.556. The first kappa shape index (κ1) is 12.2. The third kappa shape index (κ3) is 3.33. The molecule has 0 saturated carbocycles. The maximum atomic E-state index is 4.04. The quantitative estimate of drug-likeness (QED) is 0.692. The van der Waals surface area contributed by atoms with Crippen LogP contribution in [0, 0.1) is 5.92 Å². The minimum atomic E-state index is 0.815. The Morgan fingerprint density at radius 2 is 2.06 bits per heavy atom. The van der Waals surface area contributed by atoms with E-state index in [0.29, 0.717) is 0 Å². The molecule has 17 heavy (non-hydrogen) atoms. The molecular weight excluding hydrogens is 204 g/mol. The van der Waals surface area contributed by atoms with Crippen LogP contribution >= 0.6 is 0 Å². The molecule has 0 nitrogen and oxygen atoms in total. The summed E-state index contributed by atoms with van der Waals surface area (Å²) in [4.78, 5) is 0. The van der Waals surface area contributed by atoms with Crippen molar-refractivity contribution in [2.24, 2.45) is 5.92 Å². The molecule has 1 aliphatic carbocycles. The van der Waals surface area contributed by atoms with Crippen LogP contribution in [-0.4, -0.2) is 0 Å². The van der Waals surface area contributed by atoms with Gasteiger partial charge in [-0.25, -0.2) is 0 Å². The molecule has 0 amide bonds. The summed E-state index contributed by atoms with van der Waals surface area (Å²) in [7, 11) is 0. The lowest BCUT2D eigenvalue weighted by Gasteiger charge is -2.14. The summed E-state index contributed by atoms with van der Waals surface area (Å²) in [5.74, 6) is 0.815. The monoisotopic (exact) mass is 226 g/mol. The van der Waals surface area contributed by atoms with Crippen LogP contribution in [0.25, 0.3) is 6.08 Å². The number of rotatable bonds is 4. The van der Waals surface area contributed by atoms with Gasteiger partial charge in [-0.3, -0.25) is 0 Å². The lowest BCUT2D eigenvalue weighted by Crippen LogP contribution is -1.98. The molecule has 0 saturated heterocycles. The lowest BCUT2D eigenvalue weighted by atomic mass is 9.91. The van der Waals surface area contributed by atoms with E-state index in [-0.39, 0.29) is 0 Å². The van der Waals surface area contributed by atoms with Crippen LogP contribution < -0.4 is 0 Å². The van der Waals surface area contributed by atoms with Gasteiger partial charge < -0.3 is 0 Å². The number of fused-ring (bicyclic) bond motifs is 1. The normalized spacial score (nSPS) is 14.2. The standard InChI is InChI=1S/C17H22/c1-13(2)5-4-6-15-8-10-16-9-7-14(3)11-17(16)12-15/h7-10,12-13H,3-6,11H2,1-2H3. The smallest absolute Gasteiger partial charge is 0.00256 e. The first-order chi connectivity index (χ1) is 8.15. The van der Waals surface area contributed by atoms with Gasteiger partial charge >= 0.3 is 0 Å². The Balaban J connectivity index is 2.04.